The third kappa shape index (κ3) is 10.1. The lowest BCUT2D eigenvalue weighted by Gasteiger charge is -2.13. The van der Waals surface area contributed by atoms with Crippen molar-refractivity contribution in [1.29, 1.82) is 0 Å². The maximum Gasteiger partial charge on any atom is 0.255 e. The average molecular weight is 810 g/mol. The van der Waals surface area contributed by atoms with Gasteiger partial charge in [-0.3, -0.25) is 43.2 Å². The normalized spacial score (nSPS) is 10.5. The minimum absolute atomic E-state index is 0.113. The molecule has 18 heteroatoms. The van der Waals surface area contributed by atoms with Crippen LogP contribution in [0.25, 0.3) is 0 Å². The van der Waals surface area contributed by atoms with E-state index in [0.29, 0.717) is 0 Å². The average Bonchev–Trinajstić information content (AvgIpc) is 3.07. The summed E-state index contributed by atoms with van der Waals surface area (Å²) in [4.78, 5) is 111. The van der Waals surface area contributed by atoms with Crippen molar-refractivity contribution in [3.8, 4) is 0 Å². The summed E-state index contributed by atoms with van der Waals surface area (Å²) in [6.45, 7) is 0. The Morgan fingerprint density at radius 2 is 0.431 bits per heavy atom. The molecule has 0 radical (unpaired) electrons. The minimum atomic E-state index is -0.971. The van der Waals surface area contributed by atoms with Gasteiger partial charge >= 0.3 is 0 Å². The maximum absolute atomic E-state index is 13.5. The molecule has 0 saturated heterocycles. The Morgan fingerprint density at radius 3 is 0.588 bits per heavy atom. The predicted molar refractivity (Wildman–Crippen MR) is 191 cm³/mol. The fraction of sp³-hybridized carbons (Fsp3) is 0. The van der Waals surface area contributed by atoms with Crippen LogP contribution in [0, 0.1) is 0 Å². The molecule has 0 bridgehead atoms. The van der Waals surface area contributed by atoms with Gasteiger partial charge < -0.3 is 16.0 Å². The van der Waals surface area contributed by atoms with Gasteiger partial charge in [-0.1, -0.05) is 0 Å². The number of hydrogen-bond donors (Lipinski definition) is 3. The van der Waals surface area contributed by atoms with Gasteiger partial charge in [0.15, 0.2) is 0 Å². The van der Waals surface area contributed by atoms with Crippen LogP contribution in [0.3, 0.4) is 0 Å². The van der Waals surface area contributed by atoms with E-state index in [1.807, 2.05) is 0 Å². The van der Waals surface area contributed by atoms with Crippen LogP contribution in [-0.2, 0) is 0 Å². The van der Waals surface area contributed by atoms with Crippen molar-refractivity contribution in [3.63, 3.8) is 0 Å². The molecule has 4 aromatic rings. The first-order valence-corrected chi connectivity index (χ1v) is 15.9. The molecule has 0 aliphatic carbocycles. The number of amides is 3. The van der Waals surface area contributed by atoms with Crippen LogP contribution >= 0.6 is 69.6 Å². The highest BCUT2D eigenvalue weighted by molar-refractivity contribution is 6.70. The lowest BCUT2D eigenvalue weighted by atomic mass is 10.0. The van der Waals surface area contributed by atoms with Gasteiger partial charge in [0.1, 0.15) is 0 Å². The van der Waals surface area contributed by atoms with Crippen molar-refractivity contribution >= 4 is 136 Å². The van der Waals surface area contributed by atoms with Crippen molar-refractivity contribution < 1.29 is 43.2 Å². The van der Waals surface area contributed by atoms with E-state index in [2.05, 4.69) is 16.0 Å². The van der Waals surface area contributed by atoms with Crippen molar-refractivity contribution in [3.05, 3.63) is 123 Å². The largest absolute Gasteiger partial charge is 0.322 e. The van der Waals surface area contributed by atoms with Gasteiger partial charge in [-0.2, -0.15) is 0 Å². The van der Waals surface area contributed by atoms with Gasteiger partial charge in [0.05, 0.1) is 0 Å². The van der Waals surface area contributed by atoms with E-state index in [-0.39, 0.29) is 67.1 Å². The number of benzene rings is 4. The van der Waals surface area contributed by atoms with E-state index in [9.17, 15) is 43.2 Å². The molecule has 0 spiro atoms. The second-order valence-electron chi connectivity index (χ2n) is 10.2. The predicted octanol–water partition coefficient (Wildman–Crippen LogP) is 7.72. The van der Waals surface area contributed by atoms with Gasteiger partial charge in [-0.15, -0.1) is 0 Å². The summed E-state index contributed by atoms with van der Waals surface area (Å²) in [5, 5.41) is 1.45. The standard InChI is InChI=1S/C33H15Cl6N3O9/c34-25(43)13-1-14(26(35)44)8-22(7-13)40-31(49)19-4-20(32(50)41-23-9-15(27(36)45)2-16(10-23)28(37)46)6-21(5-19)33(51)42-24-11-17(29(38)47)3-18(12-24)30(39)48/h1-12H,(H,40,49)(H,41,50)(H,42,51). The summed E-state index contributed by atoms with van der Waals surface area (Å²) in [6.07, 6.45) is 0. The molecule has 3 amide bonds. The molecular weight excluding hydrogens is 795 g/mol. The molecule has 0 unspecified atom stereocenters. The SMILES string of the molecule is O=C(Cl)c1cc(NC(=O)c2cc(C(=O)Nc3cc(C(=O)Cl)cc(C(=O)Cl)c3)cc(C(=O)Nc3cc(C(=O)Cl)cc(C(=O)Cl)c3)c2)cc(C(=O)Cl)c1. The number of carbonyl (C=O) groups is 9. The highest BCUT2D eigenvalue weighted by Crippen LogP contribution is 2.24. The van der Waals surface area contributed by atoms with E-state index in [1.165, 1.54) is 0 Å². The Bertz CT molecular complexity index is 1880. The number of hydrogen-bond acceptors (Lipinski definition) is 9. The number of halogens is 6. The Morgan fingerprint density at radius 1 is 0.275 bits per heavy atom. The number of rotatable bonds is 12. The zero-order valence-corrected chi connectivity index (χ0v) is 29.4. The monoisotopic (exact) mass is 807 g/mol. The van der Waals surface area contributed by atoms with Crippen LogP contribution in [-0.4, -0.2) is 49.2 Å². The van der Waals surface area contributed by atoms with Gasteiger partial charge in [0.2, 0.25) is 0 Å². The summed E-state index contributed by atoms with van der Waals surface area (Å²) in [5.74, 6) is -2.87. The molecule has 0 aliphatic heterocycles. The van der Waals surface area contributed by atoms with Gasteiger partial charge in [-0.05, 0) is 142 Å². The Labute approximate surface area is 316 Å². The minimum Gasteiger partial charge on any atom is -0.322 e. The van der Waals surface area contributed by atoms with Crippen LogP contribution in [0.15, 0.2) is 72.8 Å². The van der Waals surface area contributed by atoms with Gasteiger partial charge in [0, 0.05) is 67.1 Å². The molecule has 0 aliphatic rings. The molecule has 51 heavy (non-hydrogen) atoms. The number of anilines is 3. The van der Waals surface area contributed by atoms with E-state index in [0.717, 1.165) is 72.8 Å². The first-order chi connectivity index (χ1) is 23.9. The quantitative estimate of drug-likeness (QED) is 0.120. The third-order valence-corrected chi connectivity index (χ3v) is 7.96. The number of nitrogens with one attached hydrogen (secondary N) is 3. The topological polar surface area (TPSA) is 190 Å². The second kappa shape index (κ2) is 16.4. The fourth-order valence-electron chi connectivity index (χ4n) is 4.41. The van der Waals surface area contributed by atoms with Crippen LogP contribution < -0.4 is 16.0 Å². The van der Waals surface area contributed by atoms with E-state index >= 15 is 0 Å². The number of carbonyl (C=O) groups excluding carboxylic acids is 9. The van der Waals surface area contributed by atoms with Crippen LogP contribution in [0.1, 0.15) is 93.2 Å². The van der Waals surface area contributed by atoms with Crippen molar-refractivity contribution in [2.75, 3.05) is 16.0 Å². The molecule has 0 fully saturated rings. The van der Waals surface area contributed by atoms with Gasteiger partial charge in [-0.25, -0.2) is 0 Å². The van der Waals surface area contributed by atoms with E-state index < -0.39 is 49.2 Å². The highest BCUT2D eigenvalue weighted by atomic mass is 35.5. The lowest BCUT2D eigenvalue weighted by molar-refractivity contribution is 0.101. The molecule has 0 heterocycles. The fourth-order valence-corrected chi connectivity index (χ4v) is 5.07. The first kappa shape index (κ1) is 38.8. The van der Waals surface area contributed by atoms with Crippen LogP contribution in [0.4, 0.5) is 17.1 Å². The molecule has 258 valence electrons. The summed E-state index contributed by atoms with van der Waals surface area (Å²) >= 11 is 33.4. The van der Waals surface area contributed by atoms with Crippen molar-refractivity contribution in [2.24, 2.45) is 0 Å². The molecule has 4 aromatic carbocycles. The zero-order chi connectivity index (χ0) is 37.7. The highest BCUT2D eigenvalue weighted by Gasteiger charge is 2.21. The molecule has 4 rings (SSSR count). The summed E-state index contributed by atoms with van der Waals surface area (Å²) < 4.78 is 0. The maximum atomic E-state index is 13.5. The molecule has 0 atom stereocenters. The van der Waals surface area contributed by atoms with Crippen molar-refractivity contribution in [2.45, 2.75) is 0 Å². The Hall–Kier alpha value is -4.95. The summed E-state index contributed by atoms with van der Waals surface area (Å²) in [6, 6.07) is 13.3. The molecule has 0 saturated carbocycles. The van der Waals surface area contributed by atoms with Crippen molar-refractivity contribution in [1.82, 2.24) is 0 Å². The zero-order valence-electron chi connectivity index (χ0n) is 24.9. The Kier molecular flexibility index (Phi) is 12.5. The van der Waals surface area contributed by atoms with E-state index in [1.54, 1.807) is 0 Å². The summed E-state index contributed by atoms with van der Waals surface area (Å²) in [5.41, 5.74) is -2.44. The third-order valence-electron chi connectivity index (χ3n) is 6.65. The van der Waals surface area contributed by atoms with Crippen LogP contribution in [0.5, 0.6) is 0 Å². The lowest BCUT2D eigenvalue weighted by Crippen LogP contribution is -2.20. The molecule has 0 aromatic heterocycles. The summed E-state index contributed by atoms with van der Waals surface area (Å²) in [7, 11) is 0. The Balaban J connectivity index is 1.79. The molecule has 12 nitrogen and oxygen atoms in total. The second-order valence-corrected chi connectivity index (χ2v) is 12.3. The molecule has 3 N–H and O–H groups in total. The van der Waals surface area contributed by atoms with Crippen LogP contribution in [0.2, 0.25) is 0 Å². The smallest absolute Gasteiger partial charge is 0.255 e. The van der Waals surface area contributed by atoms with Gasteiger partial charge in [0.25, 0.3) is 49.2 Å². The first-order valence-electron chi connectivity index (χ1n) is 13.6. The molecular formula is C33H15Cl6N3O9. The van der Waals surface area contributed by atoms with E-state index in [4.69, 9.17) is 69.6 Å².